The van der Waals surface area contributed by atoms with Gasteiger partial charge in [0.1, 0.15) is 23.1 Å². The smallest absolute Gasteiger partial charge is 0.190 e. The second-order valence-electron chi connectivity index (χ2n) is 21.7. The highest BCUT2D eigenvalue weighted by Crippen LogP contribution is 2.44. The van der Waals surface area contributed by atoms with Crippen LogP contribution in [0.4, 0.5) is 85.8 Å². The van der Waals surface area contributed by atoms with Gasteiger partial charge in [0.2, 0.25) is 0 Å². The zero-order valence-electron chi connectivity index (χ0n) is 49.9. The van der Waals surface area contributed by atoms with E-state index in [1.54, 1.807) is 19.1 Å². The zero-order chi connectivity index (χ0) is 61.7. The summed E-state index contributed by atoms with van der Waals surface area (Å²) in [6, 6.07) is 85.9. The topological polar surface area (TPSA) is 40.7 Å². The van der Waals surface area contributed by atoms with Crippen molar-refractivity contribution in [1.29, 1.82) is 0 Å². The number of hydrogen-bond donors (Lipinski definition) is 0. The fourth-order valence-corrected chi connectivity index (χ4v) is 11.1. The Labute approximate surface area is 516 Å². The molecule has 0 saturated heterocycles. The summed E-state index contributed by atoms with van der Waals surface area (Å²) in [5, 5.41) is 0. The van der Waals surface area contributed by atoms with Crippen molar-refractivity contribution in [2.24, 2.45) is 0 Å². The van der Waals surface area contributed by atoms with Gasteiger partial charge in [0.15, 0.2) is 17.4 Å². The highest BCUT2D eigenvalue weighted by molar-refractivity contribution is 5.85. The molecular formula is C78H62F4N4O3. The molecule has 0 heterocycles. The molecule has 0 amide bonds. The summed E-state index contributed by atoms with van der Waals surface area (Å²) in [4.78, 5) is 8.01. The molecule has 0 fully saturated rings. The molecule has 0 aromatic heterocycles. The number of methoxy groups -OCH3 is 3. The van der Waals surface area contributed by atoms with Crippen molar-refractivity contribution in [2.75, 3.05) is 40.9 Å². The first kappa shape index (κ1) is 58.3. The summed E-state index contributed by atoms with van der Waals surface area (Å²) < 4.78 is 78.0. The van der Waals surface area contributed by atoms with Crippen LogP contribution in [0.1, 0.15) is 16.7 Å². The van der Waals surface area contributed by atoms with Crippen LogP contribution in [0.25, 0.3) is 33.4 Å². The van der Waals surface area contributed by atoms with Gasteiger partial charge in [0.05, 0.1) is 32.7 Å². The predicted molar refractivity (Wildman–Crippen MR) is 355 cm³/mol. The number of nitrogens with zero attached hydrogens (tertiary/aromatic N) is 4. The second-order valence-corrected chi connectivity index (χ2v) is 21.7. The fourth-order valence-electron chi connectivity index (χ4n) is 11.1. The van der Waals surface area contributed by atoms with E-state index in [1.807, 2.05) is 150 Å². The molecule has 12 rings (SSSR count). The maximum Gasteiger partial charge on any atom is 0.190 e. The first-order valence-electron chi connectivity index (χ1n) is 29.0. The van der Waals surface area contributed by atoms with Crippen LogP contribution in [0, 0.1) is 44.0 Å². The molecule has 12 aromatic rings. The average molecular weight is 1180 g/mol. The lowest BCUT2D eigenvalue weighted by atomic mass is 10.0. The van der Waals surface area contributed by atoms with E-state index in [4.69, 9.17) is 14.2 Å². The Hall–Kier alpha value is -11.0. The first-order valence-corrected chi connectivity index (χ1v) is 29.0. The van der Waals surface area contributed by atoms with Crippen LogP contribution in [0.3, 0.4) is 0 Å². The van der Waals surface area contributed by atoms with Crippen LogP contribution in [0.2, 0.25) is 0 Å². The Kier molecular flexibility index (Phi) is 16.7. The lowest BCUT2D eigenvalue weighted by molar-refractivity contribution is 0.360. The summed E-state index contributed by atoms with van der Waals surface area (Å²) in [6.07, 6.45) is 0. The maximum atomic E-state index is 15.6. The summed E-state index contributed by atoms with van der Waals surface area (Å²) >= 11 is 0. The summed E-state index contributed by atoms with van der Waals surface area (Å²) in [7, 11) is 4.54. The molecule has 7 nitrogen and oxygen atoms in total. The highest BCUT2D eigenvalue weighted by atomic mass is 19.1. The third-order valence-electron chi connectivity index (χ3n) is 16.0. The van der Waals surface area contributed by atoms with E-state index in [0.29, 0.717) is 28.4 Å². The van der Waals surface area contributed by atoms with Gasteiger partial charge in [-0.15, -0.1) is 0 Å². The van der Waals surface area contributed by atoms with Crippen molar-refractivity contribution < 1.29 is 31.8 Å². The van der Waals surface area contributed by atoms with Crippen LogP contribution < -0.4 is 33.8 Å². The number of hydrogen-bond acceptors (Lipinski definition) is 7. The van der Waals surface area contributed by atoms with E-state index in [0.717, 1.165) is 79.0 Å². The van der Waals surface area contributed by atoms with Gasteiger partial charge in [0.25, 0.3) is 0 Å². The normalized spacial score (nSPS) is 11.0. The second kappa shape index (κ2) is 25.5. The molecule has 440 valence electrons. The Morgan fingerprint density at radius 1 is 0.225 bits per heavy atom. The molecular weight excluding hydrogens is 1120 g/mol. The van der Waals surface area contributed by atoms with Crippen molar-refractivity contribution in [1.82, 2.24) is 0 Å². The molecule has 0 bridgehead atoms. The average Bonchev–Trinajstić information content (AvgIpc) is 2.84. The van der Waals surface area contributed by atoms with Gasteiger partial charge in [-0.25, -0.2) is 17.6 Å². The van der Waals surface area contributed by atoms with Crippen molar-refractivity contribution in [3.05, 3.63) is 307 Å². The van der Waals surface area contributed by atoms with Crippen LogP contribution in [0.5, 0.6) is 17.2 Å². The monoisotopic (exact) mass is 1180 g/mol. The van der Waals surface area contributed by atoms with Crippen molar-refractivity contribution in [3.63, 3.8) is 0 Å². The van der Waals surface area contributed by atoms with E-state index in [-0.39, 0.29) is 11.3 Å². The van der Waals surface area contributed by atoms with Crippen LogP contribution in [0.15, 0.2) is 267 Å². The molecule has 0 radical (unpaired) electrons. The van der Waals surface area contributed by atoms with Gasteiger partial charge in [-0.3, -0.25) is 0 Å². The van der Waals surface area contributed by atoms with Gasteiger partial charge >= 0.3 is 0 Å². The molecule has 0 atom stereocenters. The van der Waals surface area contributed by atoms with Gasteiger partial charge in [-0.05, 0) is 212 Å². The standard InChI is InChI=1S/C78H62F4N4O3/c1-51-7-23-60(24-8-51)83(68-39-43-72(87-4)44-40-68)62-27-11-54(12-28-62)56-15-31-64(32-16-56)85(70-47-74(79)53(3)75(80)48-70)65-33-17-58(18-34-65)59-21-37-67(38-22-59)86(71-49-76(81)78(89-6)77(82)50-71)66-35-19-57(20-36-66)55-13-29-63(30-14-55)84(61-25-9-52(2)10-26-61)69-41-45-73(88-5)46-42-69/h7-50H,1-6H3. The first-order chi connectivity index (χ1) is 43.3. The van der Waals surface area contributed by atoms with Gasteiger partial charge in [-0.1, -0.05) is 108 Å². The lowest BCUT2D eigenvalue weighted by Crippen LogP contribution is -2.11. The molecule has 0 unspecified atom stereocenters. The predicted octanol–water partition coefficient (Wildman–Crippen LogP) is 22.1. The van der Waals surface area contributed by atoms with E-state index < -0.39 is 29.0 Å². The summed E-state index contributed by atoms with van der Waals surface area (Å²) in [6.45, 7) is 5.56. The van der Waals surface area contributed by atoms with Gasteiger partial charge in [-0.2, -0.15) is 0 Å². The molecule has 0 aliphatic heterocycles. The summed E-state index contributed by atoms with van der Waals surface area (Å²) in [5.74, 6) is -1.92. The number of ether oxygens (including phenoxy) is 3. The Morgan fingerprint density at radius 2 is 0.416 bits per heavy atom. The zero-order valence-corrected chi connectivity index (χ0v) is 49.9. The quantitative estimate of drug-likeness (QED) is 0.0793. The Morgan fingerprint density at radius 3 is 0.629 bits per heavy atom. The highest BCUT2D eigenvalue weighted by Gasteiger charge is 2.22. The van der Waals surface area contributed by atoms with Crippen molar-refractivity contribution >= 4 is 68.2 Å². The van der Waals surface area contributed by atoms with E-state index in [9.17, 15) is 0 Å². The van der Waals surface area contributed by atoms with E-state index in [2.05, 4.69) is 121 Å². The van der Waals surface area contributed by atoms with Crippen molar-refractivity contribution in [3.8, 4) is 50.6 Å². The maximum absolute atomic E-state index is 15.6. The SMILES string of the molecule is COc1ccc(N(c2ccc(C)cc2)c2ccc(-c3ccc(N(c4ccc(-c5ccc(N(c6ccc(-c7ccc(N(c8ccc(C)cc8)c8ccc(OC)cc8)cc7)cc6)c6cc(F)c(OC)c(F)c6)cc5)cc4)c4cc(F)c(C)c(F)c4)cc3)cc2)cc1. The fraction of sp³-hybridized carbons (Fsp3) is 0.0769. The molecule has 0 aliphatic carbocycles. The lowest BCUT2D eigenvalue weighted by Gasteiger charge is -2.27. The number of halogens is 4. The Bertz CT molecular complexity index is 4350. The molecule has 11 heteroatoms. The van der Waals surface area contributed by atoms with Crippen LogP contribution in [-0.4, -0.2) is 21.3 Å². The van der Waals surface area contributed by atoms with Gasteiger partial charge in [0, 0.05) is 74.6 Å². The van der Waals surface area contributed by atoms with E-state index >= 15 is 17.6 Å². The van der Waals surface area contributed by atoms with Crippen LogP contribution in [-0.2, 0) is 0 Å². The number of rotatable bonds is 18. The third-order valence-corrected chi connectivity index (χ3v) is 16.0. The van der Waals surface area contributed by atoms with Gasteiger partial charge < -0.3 is 33.8 Å². The third kappa shape index (κ3) is 12.4. The molecule has 0 saturated carbocycles. The molecule has 0 spiro atoms. The largest absolute Gasteiger partial charge is 0.497 e. The van der Waals surface area contributed by atoms with E-state index in [1.165, 1.54) is 49.4 Å². The molecule has 0 N–H and O–H groups in total. The molecule has 0 aliphatic rings. The molecule has 12 aromatic carbocycles. The minimum Gasteiger partial charge on any atom is -0.497 e. The Balaban J connectivity index is 0.814. The number of aryl methyl sites for hydroxylation is 2. The van der Waals surface area contributed by atoms with Crippen LogP contribution >= 0.6 is 0 Å². The number of anilines is 12. The van der Waals surface area contributed by atoms with Crippen molar-refractivity contribution in [2.45, 2.75) is 20.8 Å². The molecule has 89 heavy (non-hydrogen) atoms. The number of benzene rings is 12. The minimum absolute atomic E-state index is 0.0635. The minimum atomic E-state index is -0.839. The summed E-state index contributed by atoms with van der Waals surface area (Å²) in [5.41, 5.74) is 17.1.